The van der Waals surface area contributed by atoms with Crippen LogP contribution in [0.3, 0.4) is 0 Å². The number of hydrogen-bond donors (Lipinski definition) is 1. The summed E-state index contributed by atoms with van der Waals surface area (Å²) in [7, 11) is 0. The second kappa shape index (κ2) is 7.86. The summed E-state index contributed by atoms with van der Waals surface area (Å²) in [6.45, 7) is 1.15. The minimum Gasteiger partial charge on any atom is -0.486 e. The van der Waals surface area contributed by atoms with Crippen molar-refractivity contribution in [2.75, 3.05) is 25.1 Å². The molecule has 2 amide bonds. The average molecular weight is 462 g/mol. The van der Waals surface area contributed by atoms with Crippen LogP contribution in [0.1, 0.15) is 31.2 Å². The molecule has 33 heavy (non-hydrogen) atoms. The van der Waals surface area contributed by atoms with Gasteiger partial charge in [-0.3, -0.25) is 9.59 Å². The fourth-order valence-electron chi connectivity index (χ4n) is 4.67. The lowest BCUT2D eigenvalue weighted by Crippen LogP contribution is -2.50. The lowest BCUT2D eigenvalue weighted by molar-refractivity contribution is -0.137. The summed E-state index contributed by atoms with van der Waals surface area (Å²) >= 11 is 0. The van der Waals surface area contributed by atoms with Gasteiger partial charge in [0, 0.05) is 25.1 Å². The molecule has 5 rings (SSSR count). The van der Waals surface area contributed by atoms with Crippen LogP contribution in [0.5, 0.6) is 23.0 Å². The van der Waals surface area contributed by atoms with Crippen molar-refractivity contribution in [1.29, 1.82) is 0 Å². The zero-order chi connectivity index (χ0) is 23.2. The van der Waals surface area contributed by atoms with Gasteiger partial charge in [-0.2, -0.15) is 13.2 Å². The van der Waals surface area contributed by atoms with Crippen molar-refractivity contribution in [3.63, 3.8) is 0 Å². The van der Waals surface area contributed by atoms with Gasteiger partial charge in [-0.15, -0.1) is 0 Å². The number of halogens is 3. The molecule has 0 aliphatic carbocycles. The predicted octanol–water partition coefficient (Wildman–Crippen LogP) is 4.36. The monoisotopic (exact) mass is 462 g/mol. The first-order valence-electron chi connectivity index (χ1n) is 10.7. The molecule has 0 spiro atoms. The summed E-state index contributed by atoms with van der Waals surface area (Å²) < 4.78 is 55.5. The Morgan fingerprint density at radius 2 is 1.82 bits per heavy atom. The molecule has 7 nitrogen and oxygen atoms in total. The van der Waals surface area contributed by atoms with E-state index in [1.54, 1.807) is 11.0 Å². The van der Waals surface area contributed by atoms with Gasteiger partial charge in [0.25, 0.3) is 0 Å². The number of ether oxygens (including phenoxy) is 3. The average Bonchev–Trinajstić information content (AvgIpc) is 3.35. The summed E-state index contributed by atoms with van der Waals surface area (Å²) in [5, 5.41) is 2.88. The Hall–Kier alpha value is -3.43. The highest BCUT2D eigenvalue weighted by Crippen LogP contribution is 2.45. The van der Waals surface area contributed by atoms with Gasteiger partial charge in [-0.05, 0) is 43.5 Å². The van der Waals surface area contributed by atoms with E-state index >= 15 is 0 Å². The second-order valence-electron chi connectivity index (χ2n) is 8.25. The third kappa shape index (κ3) is 3.83. The minimum atomic E-state index is -4.44. The van der Waals surface area contributed by atoms with E-state index in [2.05, 4.69) is 5.32 Å². The first-order chi connectivity index (χ1) is 15.8. The lowest BCUT2D eigenvalue weighted by Gasteiger charge is -2.31. The van der Waals surface area contributed by atoms with Crippen molar-refractivity contribution in [2.24, 2.45) is 0 Å². The number of hydrogen-bond acceptors (Lipinski definition) is 5. The van der Waals surface area contributed by atoms with Crippen molar-refractivity contribution < 1.29 is 37.0 Å². The van der Waals surface area contributed by atoms with Crippen LogP contribution in [0.15, 0.2) is 36.4 Å². The van der Waals surface area contributed by atoms with Gasteiger partial charge in [0.2, 0.25) is 11.8 Å². The van der Waals surface area contributed by atoms with E-state index in [0.29, 0.717) is 56.2 Å². The molecule has 1 atom stereocenters. The number of carbonyl (C=O) groups is 2. The maximum Gasteiger partial charge on any atom is 0.416 e. The van der Waals surface area contributed by atoms with Gasteiger partial charge in [0.1, 0.15) is 30.3 Å². The van der Waals surface area contributed by atoms with Crippen LogP contribution in [-0.2, 0) is 15.8 Å². The summed E-state index contributed by atoms with van der Waals surface area (Å²) in [5.74, 6) is 0.831. The van der Waals surface area contributed by atoms with Crippen molar-refractivity contribution in [3.05, 3.63) is 42.0 Å². The van der Waals surface area contributed by atoms with Crippen LogP contribution in [-0.4, -0.2) is 42.0 Å². The SMILES string of the molecule is O=C1CCC2(C(=O)Nc3cc(Oc4ccc(C(F)(F)F)cc4)cc4c3OCCO4)CCCN12. The van der Waals surface area contributed by atoms with Crippen LogP contribution in [0.25, 0.3) is 0 Å². The Bertz CT molecular complexity index is 1100. The summed E-state index contributed by atoms with van der Waals surface area (Å²) in [4.78, 5) is 27.2. The number of fused-ring (bicyclic) bond motifs is 2. The number of carbonyl (C=O) groups excluding carboxylic acids is 2. The first kappa shape index (κ1) is 21.4. The number of benzene rings is 2. The third-order valence-corrected chi connectivity index (χ3v) is 6.25. The van der Waals surface area contributed by atoms with Gasteiger partial charge < -0.3 is 24.4 Å². The van der Waals surface area contributed by atoms with Crippen molar-refractivity contribution in [2.45, 2.75) is 37.4 Å². The maximum atomic E-state index is 13.3. The molecule has 3 aliphatic rings. The smallest absolute Gasteiger partial charge is 0.416 e. The van der Waals surface area contributed by atoms with Gasteiger partial charge in [0.15, 0.2) is 11.5 Å². The highest BCUT2D eigenvalue weighted by Gasteiger charge is 2.53. The molecule has 2 aromatic carbocycles. The third-order valence-electron chi connectivity index (χ3n) is 6.25. The van der Waals surface area contributed by atoms with Crippen LogP contribution < -0.4 is 19.5 Å². The molecule has 0 radical (unpaired) electrons. The van der Waals surface area contributed by atoms with Crippen molar-refractivity contribution in [3.8, 4) is 23.0 Å². The largest absolute Gasteiger partial charge is 0.486 e. The van der Waals surface area contributed by atoms with Gasteiger partial charge in [0.05, 0.1) is 11.3 Å². The zero-order valence-electron chi connectivity index (χ0n) is 17.5. The molecular formula is C23H21F3N2O5. The topological polar surface area (TPSA) is 77.1 Å². The van der Waals surface area contributed by atoms with E-state index in [-0.39, 0.29) is 23.3 Å². The fourth-order valence-corrected chi connectivity index (χ4v) is 4.67. The molecule has 3 aliphatic heterocycles. The molecule has 0 saturated carbocycles. The highest BCUT2D eigenvalue weighted by atomic mass is 19.4. The molecule has 2 fully saturated rings. The number of nitrogens with one attached hydrogen (secondary N) is 1. The summed E-state index contributed by atoms with van der Waals surface area (Å²) in [5.41, 5.74) is -1.33. The number of alkyl halides is 3. The zero-order valence-corrected chi connectivity index (χ0v) is 17.5. The van der Waals surface area contributed by atoms with E-state index < -0.39 is 17.3 Å². The Balaban J connectivity index is 1.42. The predicted molar refractivity (Wildman–Crippen MR) is 110 cm³/mol. The van der Waals surface area contributed by atoms with Crippen LogP contribution in [0, 0.1) is 0 Å². The Kier molecular flexibility index (Phi) is 5.10. The van der Waals surface area contributed by atoms with E-state index in [1.165, 1.54) is 18.2 Å². The standard InChI is InChI=1S/C23H21F3N2O5/c24-23(25,26)14-2-4-15(5-3-14)33-16-12-17(20-18(13-16)31-10-11-32-20)27-21(30)22-7-1-9-28(22)19(29)6-8-22/h2-5,12-13H,1,6-11H2,(H,27,30). The maximum absolute atomic E-state index is 13.3. The molecule has 2 aromatic rings. The van der Waals surface area contributed by atoms with E-state index in [0.717, 1.165) is 18.6 Å². The van der Waals surface area contributed by atoms with Crippen molar-refractivity contribution in [1.82, 2.24) is 4.90 Å². The van der Waals surface area contributed by atoms with Gasteiger partial charge in [-0.25, -0.2) is 0 Å². The summed E-state index contributed by atoms with van der Waals surface area (Å²) in [6.07, 6.45) is -2.30. The minimum absolute atomic E-state index is 0.0244. The molecule has 3 heterocycles. The van der Waals surface area contributed by atoms with Crippen LogP contribution >= 0.6 is 0 Å². The molecular weight excluding hydrogens is 441 g/mol. The van der Waals surface area contributed by atoms with Gasteiger partial charge >= 0.3 is 6.18 Å². The number of nitrogens with zero attached hydrogens (tertiary/aromatic N) is 1. The Labute approximate surface area is 187 Å². The van der Waals surface area contributed by atoms with Crippen molar-refractivity contribution >= 4 is 17.5 Å². The first-order valence-corrected chi connectivity index (χ1v) is 10.7. The fraction of sp³-hybridized carbons (Fsp3) is 0.391. The molecule has 1 unspecified atom stereocenters. The number of anilines is 1. The van der Waals surface area contributed by atoms with Gasteiger partial charge in [-0.1, -0.05) is 0 Å². The Morgan fingerprint density at radius 1 is 1.06 bits per heavy atom. The molecule has 1 N–H and O–H groups in total. The molecule has 10 heteroatoms. The van der Waals surface area contributed by atoms with E-state index in [9.17, 15) is 22.8 Å². The molecule has 0 bridgehead atoms. The van der Waals surface area contributed by atoms with Crippen LogP contribution in [0.4, 0.5) is 18.9 Å². The quantitative estimate of drug-likeness (QED) is 0.731. The van der Waals surface area contributed by atoms with Crippen LogP contribution in [0.2, 0.25) is 0 Å². The van der Waals surface area contributed by atoms with E-state index in [1.807, 2.05) is 0 Å². The second-order valence-corrected chi connectivity index (χ2v) is 8.25. The summed E-state index contributed by atoms with van der Waals surface area (Å²) in [6, 6.07) is 7.40. The molecule has 174 valence electrons. The number of amides is 2. The Morgan fingerprint density at radius 3 is 2.58 bits per heavy atom. The normalized spacial score (nSPS) is 21.7. The molecule has 0 aromatic heterocycles. The van der Waals surface area contributed by atoms with E-state index in [4.69, 9.17) is 14.2 Å². The highest BCUT2D eigenvalue weighted by molar-refractivity contribution is 6.04. The number of rotatable bonds is 4. The lowest BCUT2D eigenvalue weighted by atomic mass is 9.93. The molecule has 2 saturated heterocycles.